The fraction of sp³-hybridized carbons (Fsp3) is 0.152. The van der Waals surface area contributed by atoms with E-state index in [4.69, 9.17) is 77.3 Å². The number of benzene rings is 10. The summed E-state index contributed by atoms with van der Waals surface area (Å²) in [7, 11) is 8.70. The third kappa shape index (κ3) is 21.8. The van der Waals surface area contributed by atoms with Crippen LogP contribution in [-0.4, -0.2) is 151 Å². The van der Waals surface area contributed by atoms with Crippen LogP contribution >= 0.6 is 9.90 Å². The Morgan fingerprint density at radius 3 is 0.705 bits per heavy atom. The van der Waals surface area contributed by atoms with Gasteiger partial charge in [-0.3, -0.25) is 0 Å². The molecule has 0 saturated heterocycles. The van der Waals surface area contributed by atoms with Crippen molar-refractivity contribution in [2.75, 3.05) is 42.7 Å². The van der Waals surface area contributed by atoms with Gasteiger partial charge < -0.3 is 133 Å². The van der Waals surface area contributed by atoms with Gasteiger partial charge in [0.1, 0.15) is 57.5 Å². The number of phenolic OH excluding ortho intramolecular Hbond substituents is 12. The van der Waals surface area contributed by atoms with Gasteiger partial charge in [0, 0.05) is 54.6 Å². The molecule has 10 rings (SSSR count). The van der Waals surface area contributed by atoms with Crippen molar-refractivity contribution in [2.45, 2.75) is 41.5 Å². The number of carbonyl (C=O) groups excluding carboxylic acids is 6. The Hall–Kier alpha value is -14.7. The van der Waals surface area contributed by atoms with E-state index >= 15 is 0 Å². The summed E-state index contributed by atoms with van der Waals surface area (Å²) in [4.78, 5) is 88.5. The van der Waals surface area contributed by atoms with Crippen molar-refractivity contribution in [1.82, 2.24) is 0 Å². The lowest BCUT2D eigenvalue weighted by Gasteiger charge is -2.15. The number of methoxy groups -OCH3 is 6. The average molecular weight is 1570 g/mol. The summed E-state index contributed by atoms with van der Waals surface area (Å²) in [6, 6.07) is 27.4. The molecule has 0 aliphatic rings. The summed E-state index contributed by atoms with van der Waals surface area (Å²) in [5.41, 5.74) is 5.05. The molecule has 0 fully saturated rings. The van der Waals surface area contributed by atoms with Gasteiger partial charge >= 0.3 is 41.8 Å². The molecule has 33 heteroatoms. The molecule has 0 aliphatic heterocycles. The summed E-state index contributed by atoms with van der Waals surface area (Å²) < 4.78 is 64.6. The maximum atomic E-state index is 13.3. The van der Waals surface area contributed by atoms with E-state index in [9.17, 15) is 79.5 Å². The van der Waals surface area contributed by atoms with E-state index in [1.165, 1.54) is 84.6 Å². The summed E-state index contributed by atoms with van der Waals surface area (Å²) in [6.07, 6.45) is 0. The third-order valence-corrected chi connectivity index (χ3v) is 15.8. The molecule has 0 heterocycles. The molecule has 0 spiro atoms. The number of aromatic hydroxyl groups is 12. The van der Waals surface area contributed by atoms with E-state index in [1.807, 2.05) is 34.6 Å². The van der Waals surface area contributed by atoms with Crippen molar-refractivity contribution in [3.8, 4) is 138 Å². The predicted molar refractivity (Wildman–Crippen MR) is 397 cm³/mol. The molecule has 0 unspecified atom stereocenters. The summed E-state index contributed by atoms with van der Waals surface area (Å²) >= 11 is 0. The average Bonchev–Trinajstić information content (AvgIpc) is 0.828. The number of rotatable bonds is 19. The van der Waals surface area contributed by atoms with Crippen molar-refractivity contribution < 1.29 is 157 Å². The Labute approximate surface area is 639 Å². The lowest BCUT2D eigenvalue weighted by Crippen LogP contribution is -2.13. The standard InChI is InChI=1S/C36H36O12.C27H18O15.C10H12O2.C6H6O3.HP/c1-19-10-22(12-28(40-4)21(19)3)34(37)46-25-16-26(47-35(38)23-11-20(2)32(44-8)29(13-23)41-5)18-27(17-25)48-36(39)24-14-30(42-6)33(45-9)31(15-24)43-7;28-16-1-10(2-17(29)22(16)34)25(37)40-13-7-14(41-26(38)11-3-18(30)23(35)19(31)4-11)9-15(8-13)42-27(39)12-5-20(32)24(36)21(33)6-12;1-6-4-9(10(11)12)5-7(2)8(6)3;7-4-1-5(8)3-6(9)2-4;/h10-18H,1-9H3;1-9,28-36H;4-5H,1-3H3,(H,11,12);1-3,7-9H;1H/q;;;;-2. The van der Waals surface area contributed by atoms with Crippen molar-refractivity contribution in [1.29, 1.82) is 0 Å². The van der Waals surface area contributed by atoms with E-state index in [0.717, 1.165) is 95.1 Å². The maximum Gasteiger partial charge on any atom is 0.343 e. The molecule has 0 saturated carbocycles. The number of hydrogen-bond acceptors (Lipinski definition) is 31. The molecule has 10 aromatic carbocycles. The van der Waals surface area contributed by atoms with Crippen LogP contribution in [0.2, 0.25) is 0 Å². The van der Waals surface area contributed by atoms with E-state index in [1.54, 1.807) is 37.3 Å². The van der Waals surface area contributed by atoms with Crippen molar-refractivity contribution >= 4 is 51.7 Å². The number of carboxylic acids is 1. The first-order chi connectivity index (χ1) is 52.4. The highest BCUT2D eigenvalue weighted by Crippen LogP contribution is 2.43. The Kier molecular flexibility index (Phi) is 29.0. The van der Waals surface area contributed by atoms with E-state index in [2.05, 4.69) is 0 Å². The van der Waals surface area contributed by atoms with Crippen LogP contribution in [0.15, 0.2) is 140 Å². The Bertz CT molecular complexity index is 4880. The summed E-state index contributed by atoms with van der Waals surface area (Å²) in [5.74, 6) is -14.5. The lowest BCUT2D eigenvalue weighted by atomic mass is 10.0. The minimum absolute atomic E-state index is 0. The molecule has 0 aromatic heterocycles. The number of ether oxygens (including phenoxy) is 12. The monoisotopic (exact) mass is 1560 g/mol. The highest BCUT2D eigenvalue weighted by atomic mass is 31.0. The Morgan fingerprint density at radius 2 is 0.455 bits per heavy atom. The van der Waals surface area contributed by atoms with Gasteiger partial charge in [-0.2, -0.15) is 0 Å². The van der Waals surface area contributed by atoms with Gasteiger partial charge in [0.05, 0.1) is 81.6 Å². The Morgan fingerprint density at radius 1 is 0.241 bits per heavy atom. The first-order valence-corrected chi connectivity index (χ1v) is 32.0. The fourth-order valence-corrected chi connectivity index (χ4v) is 9.97. The van der Waals surface area contributed by atoms with Crippen molar-refractivity contribution in [2.24, 2.45) is 0 Å². The van der Waals surface area contributed by atoms with Gasteiger partial charge in [-0.05, 0) is 160 Å². The molecule has 32 nitrogen and oxygen atoms in total. The van der Waals surface area contributed by atoms with Gasteiger partial charge in [-0.1, -0.05) is 0 Å². The molecule has 0 aliphatic carbocycles. The summed E-state index contributed by atoms with van der Waals surface area (Å²) in [5, 5.41) is 121. The van der Waals surface area contributed by atoms with E-state index in [0.29, 0.717) is 28.4 Å². The smallest absolute Gasteiger partial charge is 0.343 e. The predicted octanol–water partition coefficient (Wildman–Crippen LogP) is 12.7. The van der Waals surface area contributed by atoms with Crippen LogP contribution in [0.5, 0.6) is 138 Å². The highest BCUT2D eigenvalue weighted by molar-refractivity contribution is 6.92. The van der Waals surface area contributed by atoms with Gasteiger partial charge in [-0.15, -0.1) is 0 Å². The quantitative estimate of drug-likeness (QED) is 0.0155. The molecule has 0 bridgehead atoms. The zero-order valence-corrected chi connectivity index (χ0v) is 62.3. The molecule has 0 amide bonds. The maximum absolute atomic E-state index is 13.3. The van der Waals surface area contributed by atoms with E-state index in [-0.39, 0.29) is 78.3 Å². The van der Waals surface area contributed by atoms with Gasteiger partial charge in [-0.25, -0.2) is 33.6 Å². The van der Waals surface area contributed by atoms with Gasteiger partial charge in [0.25, 0.3) is 0 Å². The highest BCUT2D eigenvalue weighted by Gasteiger charge is 2.26. The molecule has 588 valence electrons. The van der Waals surface area contributed by atoms with Crippen LogP contribution in [-0.2, 0) is 0 Å². The topological polar surface area (TPSA) is 493 Å². The second-order valence-corrected chi connectivity index (χ2v) is 23.5. The van der Waals surface area contributed by atoms with Crippen LogP contribution in [0.1, 0.15) is 106 Å². The number of carboxylic acid groups (broad SMARTS) is 1. The molecular formula is C79H73O32P-2. The van der Waals surface area contributed by atoms with E-state index < -0.39 is 127 Å². The van der Waals surface area contributed by atoms with Gasteiger partial charge in [0.2, 0.25) is 5.75 Å². The van der Waals surface area contributed by atoms with Gasteiger partial charge in [0.15, 0.2) is 74.7 Å². The minimum atomic E-state index is -1.21. The molecule has 0 atom stereocenters. The largest absolute Gasteiger partial charge is 1.51 e. The number of phenols is 12. The first kappa shape index (κ1) is 86.2. The number of aryl methyl sites for hydroxylation is 4. The lowest BCUT2D eigenvalue weighted by molar-refractivity contribution is 0.0688. The number of aromatic carboxylic acids is 1. The third-order valence-electron chi connectivity index (χ3n) is 15.8. The van der Waals surface area contributed by atoms with Crippen LogP contribution in [0.25, 0.3) is 0 Å². The molecular weight excluding hydrogens is 1490 g/mol. The number of carbonyl (C=O) groups is 7. The second-order valence-electron chi connectivity index (χ2n) is 23.5. The minimum Gasteiger partial charge on any atom is -1.51 e. The molecule has 112 heavy (non-hydrogen) atoms. The second kappa shape index (κ2) is 37.7. The SMILES string of the molecule is COc1cc(C(=O)Oc2cc(OC(=O)c3cc(C)c(OC)c(OC)c3)cc(OC(=O)c3cc(OC)c(OC)c(OC)c3)c2)cc(C)c1C.Cc1cc(C(=O)O)cc(C)c1C.O=C(Oc1cc(OC(=O)c2cc(O)c(O)c(O)c2)cc(OC(=O)c2cc(O)c(O)c(O)c2)c1)c1cc(O)c(O)c(O)c1.Oc1cc(O)cc(O)c1.[PH-2]. The zero-order valence-electron chi connectivity index (χ0n) is 61.3. The van der Waals surface area contributed by atoms with Crippen molar-refractivity contribution in [3.05, 3.63) is 212 Å². The van der Waals surface area contributed by atoms with Crippen LogP contribution in [0.4, 0.5) is 0 Å². The zero-order chi connectivity index (χ0) is 82.2. The van der Waals surface area contributed by atoms with Crippen LogP contribution in [0, 0.1) is 41.5 Å². The fourth-order valence-electron chi connectivity index (χ4n) is 9.97. The van der Waals surface area contributed by atoms with Crippen LogP contribution in [0.3, 0.4) is 0 Å². The molecule has 13 N–H and O–H groups in total. The normalized spacial score (nSPS) is 10.2. The number of esters is 6. The number of hydrogen-bond donors (Lipinski definition) is 13. The molecule has 10 aromatic rings. The Balaban J connectivity index is 0.000000275. The first-order valence-electron chi connectivity index (χ1n) is 32.0. The van der Waals surface area contributed by atoms with Crippen LogP contribution < -0.4 is 56.8 Å². The molecule has 0 radical (unpaired) electrons. The van der Waals surface area contributed by atoms with Crippen molar-refractivity contribution in [3.63, 3.8) is 0 Å². The summed E-state index contributed by atoms with van der Waals surface area (Å²) in [6.45, 7) is 11.3.